The van der Waals surface area contributed by atoms with Crippen molar-refractivity contribution in [2.24, 2.45) is 11.5 Å². The van der Waals surface area contributed by atoms with Gasteiger partial charge in [0.15, 0.2) is 11.5 Å². The lowest BCUT2D eigenvalue weighted by molar-refractivity contribution is -0.142. The molecule has 1 heterocycles. The number of phenolic OH excluding ortho intramolecular Hbond substituents is 1. The second-order valence-electron chi connectivity index (χ2n) is 9.29. The largest absolute Gasteiger partial charge is 0.504 e. The average Bonchev–Trinajstić information content (AvgIpc) is 2.90. The van der Waals surface area contributed by atoms with Gasteiger partial charge < -0.3 is 52.0 Å². The summed E-state index contributed by atoms with van der Waals surface area (Å²) in [6, 6.07) is 5.37. The summed E-state index contributed by atoms with van der Waals surface area (Å²) < 4.78 is 11.4. The molecule has 0 aliphatic carbocycles. The zero-order chi connectivity index (χ0) is 28.7. The molecule has 13 nitrogen and oxygen atoms in total. The summed E-state index contributed by atoms with van der Waals surface area (Å²) in [5, 5.41) is 45.6. The number of carbonyl (C=O) groups is 3. The fraction of sp³-hybridized carbons (Fsp3) is 0.423. The van der Waals surface area contributed by atoms with Crippen LogP contribution < -0.4 is 31.6 Å². The van der Waals surface area contributed by atoms with E-state index in [9.17, 15) is 34.8 Å². The highest BCUT2D eigenvalue weighted by Crippen LogP contribution is 2.43. The summed E-state index contributed by atoms with van der Waals surface area (Å²) in [6.07, 6.45) is -2.31. The summed E-state index contributed by atoms with van der Waals surface area (Å²) in [7, 11) is 0. The number of aliphatic carboxylic acids is 1. The minimum Gasteiger partial charge on any atom is -0.504 e. The summed E-state index contributed by atoms with van der Waals surface area (Å²) >= 11 is 0. The number of fused-ring (bicyclic) bond motifs is 5. The number of aliphatic hydroxyl groups excluding tert-OH is 2. The number of hydrogen-bond acceptors (Lipinski definition) is 10. The van der Waals surface area contributed by atoms with Gasteiger partial charge >= 0.3 is 5.97 Å². The highest BCUT2D eigenvalue weighted by Gasteiger charge is 2.27. The molecule has 0 radical (unpaired) electrons. The fourth-order valence-corrected chi connectivity index (χ4v) is 3.91. The van der Waals surface area contributed by atoms with Crippen LogP contribution in [0.15, 0.2) is 30.3 Å². The Hall–Kier alpha value is -3.91. The van der Waals surface area contributed by atoms with Gasteiger partial charge in [-0.25, -0.2) is 4.79 Å². The molecule has 212 valence electrons. The van der Waals surface area contributed by atoms with Gasteiger partial charge in [0, 0.05) is 30.6 Å². The van der Waals surface area contributed by atoms with Gasteiger partial charge in [-0.15, -0.1) is 0 Å². The lowest BCUT2D eigenvalue weighted by Crippen LogP contribution is -2.51. The first kappa shape index (κ1) is 29.6. The van der Waals surface area contributed by atoms with Crippen molar-refractivity contribution in [1.29, 1.82) is 0 Å². The number of benzene rings is 2. The summed E-state index contributed by atoms with van der Waals surface area (Å²) in [5.41, 5.74) is 12.3. The van der Waals surface area contributed by atoms with Gasteiger partial charge in [-0.05, 0) is 42.3 Å². The van der Waals surface area contributed by atoms with Crippen molar-refractivity contribution in [2.45, 2.75) is 44.1 Å². The number of aliphatic hydroxyl groups is 2. The second-order valence-corrected chi connectivity index (χ2v) is 9.29. The Bertz CT molecular complexity index is 1210. The fourth-order valence-electron chi connectivity index (χ4n) is 3.91. The van der Waals surface area contributed by atoms with E-state index in [1.165, 1.54) is 19.1 Å². The predicted molar refractivity (Wildman–Crippen MR) is 139 cm³/mol. The van der Waals surface area contributed by atoms with E-state index < -0.39 is 42.1 Å². The molecule has 1 aliphatic rings. The molecular formula is C26H34N4O9. The van der Waals surface area contributed by atoms with Crippen LogP contribution in [0.5, 0.6) is 17.2 Å². The molecule has 0 spiro atoms. The molecule has 4 atom stereocenters. The quantitative estimate of drug-likeness (QED) is 0.183. The first-order valence-corrected chi connectivity index (χ1v) is 12.4. The zero-order valence-corrected chi connectivity index (χ0v) is 21.4. The third-order valence-corrected chi connectivity index (χ3v) is 6.07. The van der Waals surface area contributed by atoms with Crippen LogP contribution in [0.2, 0.25) is 0 Å². The maximum Gasteiger partial charge on any atom is 0.326 e. The smallest absolute Gasteiger partial charge is 0.326 e. The number of nitrogens with two attached hydrogens (primary N) is 2. The number of nitrogens with one attached hydrogen (secondary N) is 2. The van der Waals surface area contributed by atoms with E-state index in [0.29, 0.717) is 16.7 Å². The van der Waals surface area contributed by atoms with Gasteiger partial charge in [0.25, 0.3) is 0 Å². The van der Waals surface area contributed by atoms with Crippen LogP contribution in [-0.2, 0) is 27.2 Å². The van der Waals surface area contributed by atoms with Crippen LogP contribution in [0.4, 0.5) is 0 Å². The number of ether oxygens (including phenoxy) is 2. The Morgan fingerprint density at radius 3 is 2.21 bits per heavy atom. The zero-order valence-electron chi connectivity index (χ0n) is 21.4. The van der Waals surface area contributed by atoms with Crippen molar-refractivity contribution in [2.75, 3.05) is 26.3 Å². The number of phenols is 1. The van der Waals surface area contributed by atoms with Crippen molar-refractivity contribution < 1.29 is 44.3 Å². The Labute approximate surface area is 224 Å². The molecule has 10 N–H and O–H groups in total. The first-order valence-electron chi connectivity index (χ1n) is 12.4. The predicted octanol–water partition coefficient (Wildman–Crippen LogP) is -1.37. The van der Waals surface area contributed by atoms with Gasteiger partial charge in [0.05, 0.1) is 6.42 Å². The van der Waals surface area contributed by atoms with E-state index in [4.69, 9.17) is 20.9 Å². The van der Waals surface area contributed by atoms with Crippen LogP contribution >= 0.6 is 0 Å². The highest BCUT2D eigenvalue weighted by molar-refractivity contribution is 5.91. The van der Waals surface area contributed by atoms with Gasteiger partial charge in [0.2, 0.25) is 11.8 Å². The van der Waals surface area contributed by atoms with Crippen molar-refractivity contribution >= 4 is 17.8 Å². The van der Waals surface area contributed by atoms with Gasteiger partial charge in [0.1, 0.15) is 43.3 Å². The summed E-state index contributed by atoms with van der Waals surface area (Å²) in [5.74, 6) is -2.62. The van der Waals surface area contributed by atoms with Crippen molar-refractivity contribution in [1.82, 2.24) is 10.6 Å². The standard InChI is InChI=1S/C26H34N4O9/c1-13-25(35)30-20(26(36)37)6-14-2-3-21(38-11-16(31)9-27)18(4-14)19-5-15(8-23(33)29-13)7-22(24(19)34)39-12-17(32)10-28/h2-5,7,13,16-17,20,31-32,34H,6,8-12,27-28H2,1H3,(H,29,33)(H,30,35)(H,36,37)/t13?,16-,17-,20?/m1/s1. The van der Waals surface area contributed by atoms with E-state index >= 15 is 0 Å². The number of carboxylic acid groups (broad SMARTS) is 1. The average molecular weight is 547 g/mol. The molecule has 2 amide bonds. The Balaban J connectivity index is 2.20. The monoisotopic (exact) mass is 546 g/mol. The van der Waals surface area contributed by atoms with Crippen molar-refractivity contribution in [3.63, 3.8) is 0 Å². The second kappa shape index (κ2) is 13.2. The van der Waals surface area contributed by atoms with Gasteiger partial charge in [-0.1, -0.05) is 6.07 Å². The van der Waals surface area contributed by atoms with E-state index in [-0.39, 0.29) is 62.0 Å². The number of rotatable bonds is 9. The van der Waals surface area contributed by atoms with Crippen LogP contribution in [0.25, 0.3) is 11.1 Å². The van der Waals surface area contributed by atoms with Crippen LogP contribution in [0, 0.1) is 0 Å². The molecule has 3 rings (SSSR count). The summed E-state index contributed by atoms with van der Waals surface area (Å²) in [4.78, 5) is 37.3. The highest BCUT2D eigenvalue weighted by atomic mass is 16.5. The van der Waals surface area contributed by atoms with E-state index in [0.717, 1.165) is 0 Å². The SMILES string of the molecule is CC1NC(=O)Cc2cc(OC[C@H](O)CN)c(O)c(c2)-c2cc(ccc2OC[C@H](O)CN)CC(C(=O)O)NC1=O. The number of hydrogen-bond donors (Lipinski definition) is 8. The normalized spacial score (nSPS) is 19.2. The van der Waals surface area contributed by atoms with Crippen molar-refractivity contribution in [3.8, 4) is 28.4 Å². The van der Waals surface area contributed by atoms with Gasteiger partial charge in [-0.3, -0.25) is 9.59 Å². The maximum absolute atomic E-state index is 12.8. The molecule has 0 fully saturated rings. The number of amides is 2. The topological polar surface area (TPSA) is 227 Å². The molecule has 39 heavy (non-hydrogen) atoms. The Kier molecular flexibility index (Phi) is 10.1. The molecular weight excluding hydrogens is 512 g/mol. The molecule has 0 saturated carbocycles. The molecule has 0 aromatic heterocycles. The van der Waals surface area contributed by atoms with Crippen LogP contribution in [0.1, 0.15) is 18.1 Å². The van der Waals surface area contributed by atoms with Crippen LogP contribution in [0.3, 0.4) is 0 Å². The third kappa shape index (κ3) is 7.80. The van der Waals surface area contributed by atoms with E-state index in [1.54, 1.807) is 18.2 Å². The molecule has 2 aromatic rings. The first-order chi connectivity index (χ1) is 18.5. The van der Waals surface area contributed by atoms with Gasteiger partial charge in [-0.2, -0.15) is 0 Å². The molecule has 13 heteroatoms. The Morgan fingerprint density at radius 1 is 0.974 bits per heavy atom. The van der Waals surface area contributed by atoms with E-state index in [2.05, 4.69) is 10.6 Å². The molecule has 2 aromatic carbocycles. The van der Waals surface area contributed by atoms with E-state index in [1.807, 2.05) is 0 Å². The van der Waals surface area contributed by atoms with Crippen molar-refractivity contribution in [3.05, 3.63) is 41.5 Å². The maximum atomic E-state index is 12.8. The summed E-state index contributed by atoms with van der Waals surface area (Å²) in [6.45, 7) is 0.905. The lowest BCUT2D eigenvalue weighted by Gasteiger charge is -2.22. The number of aromatic hydroxyl groups is 1. The molecule has 4 bridgehead atoms. The third-order valence-electron chi connectivity index (χ3n) is 6.07. The minimum atomic E-state index is -1.31. The minimum absolute atomic E-state index is 0.0394. The number of carbonyl (C=O) groups excluding carboxylic acids is 2. The number of carboxylic acids is 1. The molecule has 0 saturated heterocycles. The molecule has 2 unspecified atom stereocenters. The lowest BCUT2D eigenvalue weighted by atomic mass is 9.95. The Morgan fingerprint density at radius 2 is 1.59 bits per heavy atom. The van der Waals surface area contributed by atoms with Crippen LogP contribution in [-0.4, -0.2) is 88.8 Å². The molecule has 1 aliphatic heterocycles.